The molecular formula is C21H19F2N3O3. The largest absolute Gasteiger partial charge is 0.399 e. The van der Waals surface area contributed by atoms with E-state index in [-0.39, 0.29) is 35.4 Å². The van der Waals surface area contributed by atoms with Gasteiger partial charge in [0.05, 0.1) is 36.5 Å². The summed E-state index contributed by atoms with van der Waals surface area (Å²) in [6, 6.07) is 7.58. The van der Waals surface area contributed by atoms with Crippen LogP contribution in [-0.2, 0) is 4.84 Å². The van der Waals surface area contributed by atoms with E-state index in [1.54, 1.807) is 6.92 Å². The van der Waals surface area contributed by atoms with Gasteiger partial charge in [-0.05, 0) is 42.3 Å². The molecule has 1 heterocycles. The Bertz CT molecular complexity index is 1030. The number of hydrogen-bond donors (Lipinski definition) is 1. The van der Waals surface area contributed by atoms with Crippen molar-refractivity contribution in [2.75, 3.05) is 20.3 Å². The zero-order valence-corrected chi connectivity index (χ0v) is 15.9. The molecule has 1 aliphatic heterocycles. The Labute approximate surface area is 166 Å². The highest BCUT2D eigenvalue weighted by molar-refractivity contribution is 6.00. The zero-order chi connectivity index (χ0) is 21.1. The van der Waals surface area contributed by atoms with Crippen LogP contribution < -0.4 is 0 Å². The van der Waals surface area contributed by atoms with E-state index >= 15 is 0 Å². The normalized spacial score (nSPS) is 17.4. The lowest BCUT2D eigenvalue weighted by atomic mass is 9.95. The molecule has 2 aromatic carbocycles. The van der Waals surface area contributed by atoms with Gasteiger partial charge in [0.15, 0.2) is 0 Å². The summed E-state index contributed by atoms with van der Waals surface area (Å²) in [7, 11) is 1.39. The highest BCUT2D eigenvalue weighted by atomic mass is 19.1. The third-order valence-electron chi connectivity index (χ3n) is 4.96. The Morgan fingerprint density at radius 1 is 1.34 bits per heavy atom. The summed E-state index contributed by atoms with van der Waals surface area (Å²) in [6.07, 6.45) is 0.371. The van der Waals surface area contributed by atoms with Crippen molar-refractivity contribution < 1.29 is 23.5 Å². The van der Waals surface area contributed by atoms with Crippen LogP contribution in [-0.4, -0.2) is 47.9 Å². The fourth-order valence-electron chi connectivity index (χ4n) is 3.48. The number of amides is 1. The van der Waals surface area contributed by atoms with E-state index in [0.29, 0.717) is 17.7 Å². The minimum Gasteiger partial charge on any atom is -0.399 e. The van der Waals surface area contributed by atoms with E-state index in [4.69, 9.17) is 10.1 Å². The first-order chi connectivity index (χ1) is 13.9. The molecule has 1 fully saturated rings. The number of benzene rings is 2. The lowest BCUT2D eigenvalue weighted by Gasteiger charge is -2.22. The van der Waals surface area contributed by atoms with Gasteiger partial charge in [-0.15, -0.1) is 0 Å². The summed E-state index contributed by atoms with van der Waals surface area (Å²) >= 11 is 0. The molecule has 0 saturated carbocycles. The highest BCUT2D eigenvalue weighted by Gasteiger charge is 2.33. The smallest absolute Gasteiger partial charge is 0.254 e. The second-order valence-electron chi connectivity index (χ2n) is 6.75. The minimum absolute atomic E-state index is 0.0943. The van der Waals surface area contributed by atoms with E-state index in [1.165, 1.54) is 24.1 Å². The topological polar surface area (TPSA) is 85.9 Å². The average molecular weight is 399 g/mol. The number of nitriles is 1. The van der Waals surface area contributed by atoms with E-state index in [1.807, 2.05) is 6.07 Å². The van der Waals surface area contributed by atoms with E-state index < -0.39 is 23.6 Å². The van der Waals surface area contributed by atoms with Gasteiger partial charge in [0, 0.05) is 17.5 Å². The highest BCUT2D eigenvalue weighted by Crippen LogP contribution is 2.30. The lowest BCUT2D eigenvalue weighted by Crippen LogP contribution is -2.37. The van der Waals surface area contributed by atoms with Crippen LogP contribution in [0.3, 0.4) is 0 Å². The van der Waals surface area contributed by atoms with Crippen LogP contribution in [0.5, 0.6) is 0 Å². The first-order valence-electron chi connectivity index (χ1n) is 8.90. The molecule has 0 unspecified atom stereocenters. The van der Waals surface area contributed by atoms with Gasteiger partial charge < -0.3 is 14.8 Å². The molecule has 1 amide bonds. The second-order valence-corrected chi connectivity index (χ2v) is 6.75. The molecule has 1 N–H and O–H groups in total. The van der Waals surface area contributed by atoms with Crippen molar-refractivity contribution in [3.8, 4) is 17.2 Å². The maximum atomic E-state index is 14.8. The van der Waals surface area contributed by atoms with Crippen LogP contribution in [0.4, 0.5) is 8.78 Å². The van der Waals surface area contributed by atoms with Gasteiger partial charge >= 0.3 is 0 Å². The summed E-state index contributed by atoms with van der Waals surface area (Å²) in [5.74, 6) is -1.81. The summed E-state index contributed by atoms with van der Waals surface area (Å²) < 4.78 is 28.7. The van der Waals surface area contributed by atoms with Gasteiger partial charge in [-0.1, -0.05) is 11.2 Å². The fraction of sp³-hybridized carbons (Fsp3) is 0.286. The molecule has 3 rings (SSSR count). The molecule has 1 atom stereocenters. The quantitative estimate of drug-likeness (QED) is 0.801. The summed E-state index contributed by atoms with van der Waals surface area (Å²) in [5.41, 5.74) is 1.62. The number of rotatable bonds is 4. The molecule has 1 aliphatic rings. The van der Waals surface area contributed by atoms with Crippen LogP contribution in [0.2, 0.25) is 0 Å². The number of nitrogens with zero attached hydrogens (tertiary/aromatic N) is 3. The van der Waals surface area contributed by atoms with Gasteiger partial charge in [0.25, 0.3) is 5.91 Å². The van der Waals surface area contributed by atoms with E-state index in [9.17, 15) is 18.7 Å². The SMILES string of the molecule is CO/N=C1\C[C@@H](CO)N(C(=O)c2ccc(-c3cc(F)cc(C#N)c3C)c(F)c2)C1. The molecule has 0 aromatic heterocycles. The van der Waals surface area contributed by atoms with Crippen molar-refractivity contribution in [3.63, 3.8) is 0 Å². The van der Waals surface area contributed by atoms with Gasteiger partial charge in [0.1, 0.15) is 18.7 Å². The van der Waals surface area contributed by atoms with Crippen molar-refractivity contribution in [3.05, 3.63) is 58.7 Å². The molecule has 0 aliphatic carbocycles. The predicted molar refractivity (Wildman–Crippen MR) is 102 cm³/mol. The third kappa shape index (κ3) is 3.96. The summed E-state index contributed by atoms with van der Waals surface area (Å²) in [6.45, 7) is 1.53. The van der Waals surface area contributed by atoms with Gasteiger partial charge in [-0.2, -0.15) is 5.26 Å². The van der Waals surface area contributed by atoms with E-state index in [0.717, 1.165) is 18.2 Å². The second kappa shape index (κ2) is 8.37. The number of carbonyl (C=O) groups excluding carboxylic acids is 1. The van der Waals surface area contributed by atoms with Crippen molar-refractivity contribution in [2.24, 2.45) is 5.16 Å². The van der Waals surface area contributed by atoms with Crippen LogP contribution >= 0.6 is 0 Å². The van der Waals surface area contributed by atoms with Crippen LogP contribution in [0.25, 0.3) is 11.1 Å². The Morgan fingerprint density at radius 2 is 2.10 bits per heavy atom. The number of aliphatic hydroxyl groups is 1. The average Bonchev–Trinajstić information content (AvgIpc) is 3.12. The maximum Gasteiger partial charge on any atom is 0.254 e. The first-order valence-corrected chi connectivity index (χ1v) is 8.90. The van der Waals surface area contributed by atoms with Crippen LogP contribution in [0.15, 0.2) is 35.5 Å². The number of aliphatic hydroxyl groups excluding tert-OH is 1. The van der Waals surface area contributed by atoms with Crippen molar-refractivity contribution in [1.29, 1.82) is 5.26 Å². The van der Waals surface area contributed by atoms with Crippen LogP contribution in [0, 0.1) is 29.9 Å². The molecule has 0 bridgehead atoms. The van der Waals surface area contributed by atoms with Crippen molar-refractivity contribution in [2.45, 2.75) is 19.4 Å². The number of carbonyl (C=O) groups is 1. The number of likely N-dealkylation sites (tertiary alicyclic amines) is 1. The van der Waals surface area contributed by atoms with Gasteiger partial charge in [-0.3, -0.25) is 4.79 Å². The Balaban J connectivity index is 1.95. The van der Waals surface area contributed by atoms with Crippen molar-refractivity contribution >= 4 is 11.6 Å². The van der Waals surface area contributed by atoms with Crippen LogP contribution in [0.1, 0.15) is 27.9 Å². The minimum atomic E-state index is -0.709. The zero-order valence-electron chi connectivity index (χ0n) is 15.9. The predicted octanol–water partition coefficient (Wildman–Crippen LogP) is 3.02. The molecule has 2 aromatic rings. The summed E-state index contributed by atoms with van der Waals surface area (Å²) in [4.78, 5) is 19.0. The number of hydrogen-bond acceptors (Lipinski definition) is 5. The van der Waals surface area contributed by atoms with Gasteiger partial charge in [0.2, 0.25) is 0 Å². The first kappa shape index (κ1) is 20.4. The monoisotopic (exact) mass is 399 g/mol. The fourth-order valence-corrected chi connectivity index (χ4v) is 3.48. The molecule has 6 nitrogen and oxygen atoms in total. The summed E-state index contributed by atoms with van der Waals surface area (Å²) in [5, 5.41) is 22.5. The molecule has 8 heteroatoms. The standard InChI is InChI=1S/C21H19F2N3O3/c1-12-14(9-24)5-15(22)7-19(12)18-4-3-13(6-20(18)23)21(28)26-10-16(25-29-2)8-17(26)11-27/h3-7,17,27H,8,10-11H2,1-2H3/b25-16+/t17-/m0/s1. The third-order valence-corrected chi connectivity index (χ3v) is 4.96. The Morgan fingerprint density at radius 3 is 2.72 bits per heavy atom. The molecule has 150 valence electrons. The molecular weight excluding hydrogens is 380 g/mol. The van der Waals surface area contributed by atoms with E-state index in [2.05, 4.69) is 5.16 Å². The molecule has 0 radical (unpaired) electrons. The van der Waals surface area contributed by atoms with Gasteiger partial charge in [-0.25, -0.2) is 8.78 Å². The molecule has 0 spiro atoms. The molecule has 1 saturated heterocycles. The lowest BCUT2D eigenvalue weighted by molar-refractivity contribution is 0.0679. The Kier molecular flexibility index (Phi) is 5.89. The van der Waals surface area contributed by atoms with Crippen molar-refractivity contribution in [1.82, 2.24) is 4.90 Å². The maximum absolute atomic E-state index is 14.8. The Hall–Kier alpha value is -3.31. The number of oxime groups is 1. The number of halogens is 2. The molecule has 29 heavy (non-hydrogen) atoms.